The molecule has 6 nitrogen and oxygen atoms in total. The lowest BCUT2D eigenvalue weighted by Gasteiger charge is -2.28. The summed E-state index contributed by atoms with van der Waals surface area (Å²) >= 11 is 5.84. The fourth-order valence-electron chi connectivity index (χ4n) is 2.93. The standard InChI is InChI=1S/C17H16ClFN6/c18-12-10-11(4-5-13(12)19)22-17-23-15-14(20-6-7-21-15)16(24-17)25-8-2-1-3-9-25/h4-7,10H,1-3,8-9H2,(H,21,22,23,24). The molecule has 1 saturated heterocycles. The van der Waals surface area contributed by atoms with E-state index < -0.39 is 5.82 Å². The van der Waals surface area contributed by atoms with E-state index in [2.05, 4.69) is 30.2 Å². The molecular formula is C17H16ClFN6. The maximum Gasteiger partial charge on any atom is 0.231 e. The second-order valence-corrected chi connectivity index (χ2v) is 6.31. The molecule has 0 amide bonds. The van der Waals surface area contributed by atoms with Crippen LogP contribution in [-0.4, -0.2) is 33.0 Å². The van der Waals surface area contributed by atoms with Gasteiger partial charge < -0.3 is 10.2 Å². The van der Waals surface area contributed by atoms with Gasteiger partial charge in [-0.15, -0.1) is 0 Å². The quantitative estimate of drug-likeness (QED) is 0.764. The molecule has 0 aliphatic carbocycles. The van der Waals surface area contributed by atoms with Gasteiger partial charge in [-0.2, -0.15) is 9.97 Å². The highest BCUT2D eigenvalue weighted by molar-refractivity contribution is 6.31. The molecule has 1 aliphatic heterocycles. The van der Waals surface area contributed by atoms with E-state index in [0.29, 0.717) is 22.8 Å². The number of rotatable bonds is 3. The third-order valence-corrected chi connectivity index (χ3v) is 4.44. The van der Waals surface area contributed by atoms with Crippen LogP contribution < -0.4 is 10.2 Å². The smallest absolute Gasteiger partial charge is 0.231 e. The van der Waals surface area contributed by atoms with Crippen molar-refractivity contribution < 1.29 is 4.39 Å². The van der Waals surface area contributed by atoms with Crippen LogP contribution in [-0.2, 0) is 0 Å². The highest BCUT2D eigenvalue weighted by Gasteiger charge is 2.18. The van der Waals surface area contributed by atoms with Crippen molar-refractivity contribution in [3.05, 3.63) is 41.4 Å². The predicted molar refractivity (Wildman–Crippen MR) is 95.9 cm³/mol. The zero-order chi connectivity index (χ0) is 17.2. The minimum absolute atomic E-state index is 0.0434. The van der Waals surface area contributed by atoms with Crippen molar-refractivity contribution in [1.82, 2.24) is 19.9 Å². The maximum atomic E-state index is 13.3. The van der Waals surface area contributed by atoms with Gasteiger partial charge in [-0.25, -0.2) is 14.4 Å². The maximum absolute atomic E-state index is 13.3. The molecule has 2 aromatic heterocycles. The van der Waals surface area contributed by atoms with Crippen LogP contribution in [0.4, 0.5) is 21.8 Å². The van der Waals surface area contributed by atoms with Gasteiger partial charge in [0.05, 0.1) is 5.02 Å². The first kappa shape index (κ1) is 16.0. The van der Waals surface area contributed by atoms with Gasteiger partial charge in [-0.05, 0) is 37.5 Å². The van der Waals surface area contributed by atoms with Crippen molar-refractivity contribution in [2.45, 2.75) is 19.3 Å². The third-order valence-electron chi connectivity index (χ3n) is 4.15. The van der Waals surface area contributed by atoms with E-state index in [4.69, 9.17) is 11.6 Å². The number of piperidine rings is 1. The van der Waals surface area contributed by atoms with E-state index in [1.54, 1.807) is 18.5 Å². The van der Waals surface area contributed by atoms with Crippen molar-refractivity contribution in [2.24, 2.45) is 0 Å². The lowest BCUT2D eigenvalue weighted by molar-refractivity contribution is 0.574. The highest BCUT2D eigenvalue weighted by Crippen LogP contribution is 2.27. The monoisotopic (exact) mass is 358 g/mol. The number of nitrogens with zero attached hydrogens (tertiary/aromatic N) is 5. The minimum Gasteiger partial charge on any atom is -0.355 e. The molecule has 0 atom stereocenters. The Labute approximate surface area is 149 Å². The number of anilines is 3. The zero-order valence-electron chi connectivity index (χ0n) is 13.4. The van der Waals surface area contributed by atoms with Crippen LogP contribution in [0.3, 0.4) is 0 Å². The van der Waals surface area contributed by atoms with Gasteiger partial charge in [0.25, 0.3) is 0 Å². The molecule has 1 N–H and O–H groups in total. The van der Waals surface area contributed by atoms with Crippen molar-refractivity contribution >= 4 is 40.2 Å². The first-order valence-electron chi connectivity index (χ1n) is 8.16. The Morgan fingerprint density at radius 1 is 1.04 bits per heavy atom. The average molecular weight is 359 g/mol. The van der Waals surface area contributed by atoms with Crippen LogP contribution in [0, 0.1) is 5.82 Å². The molecule has 0 saturated carbocycles. The Morgan fingerprint density at radius 3 is 2.64 bits per heavy atom. The van der Waals surface area contributed by atoms with E-state index in [0.717, 1.165) is 31.7 Å². The summed E-state index contributed by atoms with van der Waals surface area (Å²) in [4.78, 5) is 20.0. The summed E-state index contributed by atoms with van der Waals surface area (Å²) in [5, 5.41) is 3.12. The molecule has 8 heteroatoms. The Bertz CT molecular complexity index is 913. The fourth-order valence-corrected chi connectivity index (χ4v) is 3.11. The number of aromatic nitrogens is 4. The highest BCUT2D eigenvalue weighted by atomic mass is 35.5. The number of benzene rings is 1. The van der Waals surface area contributed by atoms with E-state index in [9.17, 15) is 4.39 Å². The normalized spacial score (nSPS) is 14.7. The summed E-state index contributed by atoms with van der Waals surface area (Å²) in [5.41, 5.74) is 1.82. The summed E-state index contributed by atoms with van der Waals surface area (Å²) < 4.78 is 13.3. The number of hydrogen-bond donors (Lipinski definition) is 1. The number of nitrogens with one attached hydrogen (secondary N) is 1. The van der Waals surface area contributed by atoms with E-state index in [1.165, 1.54) is 18.6 Å². The SMILES string of the molecule is Fc1ccc(Nc2nc(N3CCCCC3)c3nccnc3n2)cc1Cl. The molecule has 1 fully saturated rings. The first-order valence-corrected chi connectivity index (χ1v) is 8.54. The van der Waals surface area contributed by atoms with E-state index >= 15 is 0 Å². The number of fused-ring (bicyclic) bond motifs is 1. The predicted octanol–water partition coefficient (Wildman–Crippen LogP) is 3.95. The Kier molecular flexibility index (Phi) is 4.31. The number of hydrogen-bond acceptors (Lipinski definition) is 6. The minimum atomic E-state index is -0.466. The second-order valence-electron chi connectivity index (χ2n) is 5.90. The van der Waals surface area contributed by atoms with Crippen molar-refractivity contribution in [1.29, 1.82) is 0 Å². The summed E-state index contributed by atoms with van der Waals surface area (Å²) in [5.74, 6) is 0.691. The van der Waals surface area contributed by atoms with Crippen molar-refractivity contribution in [3.8, 4) is 0 Å². The molecule has 0 radical (unpaired) electrons. The Hall–Kier alpha value is -2.54. The molecule has 128 valence electrons. The molecule has 0 bridgehead atoms. The summed E-state index contributed by atoms with van der Waals surface area (Å²) in [7, 11) is 0. The third kappa shape index (κ3) is 3.32. The molecule has 0 unspecified atom stereocenters. The van der Waals surface area contributed by atoms with Gasteiger partial charge in [0.2, 0.25) is 5.95 Å². The van der Waals surface area contributed by atoms with Crippen molar-refractivity contribution in [2.75, 3.05) is 23.3 Å². The largest absolute Gasteiger partial charge is 0.355 e. The van der Waals surface area contributed by atoms with Gasteiger partial charge in [-0.1, -0.05) is 11.6 Å². The van der Waals surface area contributed by atoms with Gasteiger partial charge in [-0.3, -0.25) is 0 Å². The van der Waals surface area contributed by atoms with Crippen molar-refractivity contribution in [3.63, 3.8) is 0 Å². The molecular weight excluding hydrogens is 343 g/mol. The number of halogens is 2. The molecule has 25 heavy (non-hydrogen) atoms. The lowest BCUT2D eigenvalue weighted by atomic mass is 10.1. The second kappa shape index (κ2) is 6.76. The van der Waals surface area contributed by atoms with Crippen LogP contribution in [0.5, 0.6) is 0 Å². The van der Waals surface area contributed by atoms with Crippen LogP contribution in [0.1, 0.15) is 19.3 Å². The summed E-state index contributed by atoms with van der Waals surface area (Å²) in [6, 6.07) is 4.39. The van der Waals surface area contributed by atoms with E-state index in [1.807, 2.05) is 0 Å². The Morgan fingerprint density at radius 2 is 1.84 bits per heavy atom. The molecule has 3 heterocycles. The lowest BCUT2D eigenvalue weighted by Crippen LogP contribution is -2.30. The van der Waals surface area contributed by atoms with Gasteiger partial charge >= 0.3 is 0 Å². The molecule has 1 aromatic carbocycles. The van der Waals surface area contributed by atoms with Gasteiger partial charge in [0.15, 0.2) is 17.0 Å². The van der Waals surface area contributed by atoms with E-state index in [-0.39, 0.29) is 5.02 Å². The first-order chi connectivity index (χ1) is 12.2. The van der Waals surface area contributed by atoms with Crippen LogP contribution >= 0.6 is 11.6 Å². The molecule has 4 rings (SSSR count). The van der Waals surface area contributed by atoms with Crippen LogP contribution in [0.2, 0.25) is 5.02 Å². The van der Waals surface area contributed by atoms with Gasteiger partial charge in [0, 0.05) is 31.2 Å². The zero-order valence-corrected chi connectivity index (χ0v) is 14.2. The fraction of sp³-hybridized carbons (Fsp3) is 0.294. The average Bonchev–Trinajstić information content (AvgIpc) is 2.65. The van der Waals surface area contributed by atoms with Gasteiger partial charge in [0.1, 0.15) is 5.82 Å². The summed E-state index contributed by atoms with van der Waals surface area (Å²) in [6.45, 7) is 1.87. The summed E-state index contributed by atoms with van der Waals surface area (Å²) in [6.07, 6.45) is 6.73. The molecule has 1 aliphatic rings. The molecule has 0 spiro atoms. The molecule has 3 aromatic rings. The topological polar surface area (TPSA) is 66.8 Å². The van der Waals surface area contributed by atoms with Crippen LogP contribution in [0.15, 0.2) is 30.6 Å². The van der Waals surface area contributed by atoms with Crippen LogP contribution in [0.25, 0.3) is 11.2 Å². The Balaban J connectivity index is 1.74.